The van der Waals surface area contributed by atoms with Gasteiger partial charge in [-0.3, -0.25) is 4.90 Å². The Balaban J connectivity index is 2.30. The van der Waals surface area contributed by atoms with Gasteiger partial charge in [0.05, 0.1) is 12.1 Å². The van der Waals surface area contributed by atoms with Gasteiger partial charge in [0.15, 0.2) is 0 Å². The zero-order valence-corrected chi connectivity index (χ0v) is 7.82. The highest BCUT2D eigenvalue weighted by molar-refractivity contribution is 5.56. The van der Waals surface area contributed by atoms with Crippen LogP contribution in [0, 0.1) is 0 Å². The van der Waals surface area contributed by atoms with Crippen LogP contribution in [-0.4, -0.2) is 43.5 Å². The van der Waals surface area contributed by atoms with Crippen LogP contribution in [0.25, 0.3) is 0 Å². The van der Waals surface area contributed by atoms with Gasteiger partial charge in [-0.1, -0.05) is 0 Å². The number of ether oxygens (including phenoxy) is 1. The topological polar surface area (TPSA) is 29.5 Å². The normalized spacial score (nSPS) is 23.8. The van der Waals surface area contributed by atoms with Crippen molar-refractivity contribution < 1.29 is 9.53 Å². The molecule has 1 heterocycles. The molecule has 3 nitrogen and oxygen atoms in total. The Morgan fingerprint density at radius 3 is 2.50 bits per heavy atom. The monoisotopic (exact) mass is 171 g/mol. The molecule has 12 heavy (non-hydrogen) atoms. The third kappa shape index (κ3) is 2.29. The van der Waals surface area contributed by atoms with Crippen molar-refractivity contribution in [2.75, 3.05) is 20.2 Å². The molecule has 70 valence electrons. The second kappa shape index (κ2) is 4.58. The maximum Gasteiger partial charge on any atom is 0.136 e. The quantitative estimate of drug-likeness (QED) is 0.585. The van der Waals surface area contributed by atoms with Gasteiger partial charge in [0.1, 0.15) is 6.29 Å². The Labute approximate surface area is 73.7 Å². The summed E-state index contributed by atoms with van der Waals surface area (Å²) in [6.45, 7) is 3.91. The van der Waals surface area contributed by atoms with Gasteiger partial charge in [0.25, 0.3) is 0 Å². The van der Waals surface area contributed by atoms with Crippen LogP contribution < -0.4 is 0 Å². The van der Waals surface area contributed by atoms with Crippen LogP contribution in [-0.2, 0) is 9.53 Å². The molecule has 0 radical (unpaired) electrons. The summed E-state index contributed by atoms with van der Waals surface area (Å²) in [5.41, 5.74) is 0. The fraction of sp³-hybridized carbons (Fsp3) is 0.889. The molecule has 1 unspecified atom stereocenters. The number of methoxy groups -OCH3 is 1. The summed E-state index contributed by atoms with van der Waals surface area (Å²) in [4.78, 5) is 12.7. The summed E-state index contributed by atoms with van der Waals surface area (Å²) in [5, 5.41) is 0. The first-order valence-electron chi connectivity index (χ1n) is 4.50. The predicted octanol–water partition coefficient (Wildman–Crippen LogP) is 0.685. The number of aldehydes is 1. The van der Waals surface area contributed by atoms with Gasteiger partial charge < -0.3 is 9.53 Å². The lowest BCUT2D eigenvalue weighted by molar-refractivity contribution is -0.112. The number of likely N-dealkylation sites (tertiary alicyclic amines) is 1. The minimum Gasteiger partial charge on any atom is -0.381 e. The highest BCUT2D eigenvalue weighted by Gasteiger charge is 2.21. The molecule has 0 bridgehead atoms. The first kappa shape index (κ1) is 9.68. The smallest absolute Gasteiger partial charge is 0.136 e. The first-order valence-corrected chi connectivity index (χ1v) is 4.50. The third-order valence-corrected chi connectivity index (χ3v) is 2.58. The molecule has 1 rings (SSSR count). The van der Waals surface area contributed by atoms with Crippen molar-refractivity contribution in [2.24, 2.45) is 0 Å². The fourth-order valence-electron chi connectivity index (χ4n) is 1.60. The van der Waals surface area contributed by atoms with Crippen LogP contribution >= 0.6 is 0 Å². The lowest BCUT2D eigenvalue weighted by atomic mass is 10.1. The number of nitrogens with zero attached hydrogens (tertiary/aromatic N) is 1. The Bertz CT molecular complexity index is 141. The molecule has 1 aliphatic rings. The van der Waals surface area contributed by atoms with Crippen molar-refractivity contribution in [3.8, 4) is 0 Å². The SMILES string of the molecule is COC1CCN(C(C)C=O)CC1. The average Bonchev–Trinajstić information content (AvgIpc) is 2.17. The molecule has 0 aromatic heterocycles. The lowest BCUT2D eigenvalue weighted by Gasteiger charge is -2.33. The Hall–Kier alpha value is -0.410. The van der Waals surface area contributed by atoms with Gasteiger partial charge in [0, 0.05) is 20.2 Å². The molecule has 0 amide bonds. The number of carbonyl (C=O) groups is 1. The van der Waals surface area contributed by atoms with E-state index in [1.165, 1.54) is 0 Å². The van der Waals surface area contributed by atoms with Gasteiger partial charge in [-0.25, -0.2) is 0 Å². The molecule has 0 aromatic rings. The number of rotatable bonds is 3. The zero-order chi connectivity index (χ0) is 8.97. The molecule has 1 atom stereocenters. The first-order chi connectivity index (χ1) is 5.77. The molecule has 0 saturated carbocycles. The van der Waals surface area contributed by atoms with E-state index in [1.54, 1.807) is 7.11 Å². The van der Waals surface area contributed by atoms with Crippen LogP contribution in [0.15, 0.2) is 0 Å². The van der Waals surface area contributed by atoms with Crippen LogP contribution in [0.5, 0.6) is 0 Å². The number of carbonyl (C=O) groups excluding carboxylic acids is 1. The number of piperidine rings is 1. The van der Waals surface area contributed by atoms with E-state index < -0.39 is 0 Å². The third-order valence-electron chi connectivity index (χ3n) is 2.58. The highest BCUT2D eigenvalue weighted by atomic mass is 16.5. The van der Waals surface area contributed by atoms with E-state index in [2.05, 4.69) is 4.90 Å². The number of hydrogen-bond donors (Lipinski definition) is 0. The van der Waals surface area contributed by atoms with E-state index in [0.717, 1.165) is 32.2 Å². The standard InChI is InChI=1S/C9H17NO2/c1-8(7-11)10-5-3-9(12-2)4-6-10/h7-9H,3-6H2,1-2H3. The largest absolute Gasteiger partial charge is 0.381 e. The van der Waals surface area contributed by atoms with Crippen molar-refractivity contribution in [3.05, 3.63) is 0 Å². The van der Waals surface area contributed by atoms with Crippen molar-refractivity contribution >= 4 is 6.29 Å². The van der Waals surface area contributed by atoms with E-state index in [0.29, 0.717) is 6.10 Å². The van der Waals surface area contributed by atoms with Crippen LogP contribution in [0.4, 0.5) is 0 Å². The maximum atomic E-state index is 10.5. The number of hydrogen-bond acceptors (Lipinski definition) is 3. The second-order valence-corrected chi connectivity index (χ2v) is 3.35. The van der Waals surface area contributed by atoms with Crippen molar-refractivity contribution in [2.45, 2.75) is 31.9 Å². The van der Waals surface area contributed by atoms with Crippen molar-refractivity contribution in [1.29, 1.82) is 0 Å². The van der Waals surface area contributed by atoms with Gasteiger partial charge >= 0.3 is 0 Å². The van der Waals surface area contributed by atoms with Crippen LogP contribution in [0.3, 0.4) is 0 Å². The molecular weight excluding hydrogens is 154 g/mol. The Morgan fingerprint density at radius 1 is 1.50 bits per heavy atom. The van der Waals surface area contributed by atoms with E-state index in [1.807, 2.05) is 6.92 Å². The van der Waals surface area contributed by atoms with E-state index in [4.69, 9.17) is 4.74 Å². The molecule has 0 aliphatic carbocycles. The minimum absolute atomic E-state index is 0.0720. The molecule has 1 aliphatic heterocycles. The summed E-state index contributed by atoms with van der Waals surface area (Å²) >= 11 is 0. The Kier molecular flexibility index (Phi) is 3.69. The minimum atomic E-state index is 0.0720. The molecule has 1 saturated heterocycles. The zero-order valence-electron chi connectivity index (χ0n) is 7.82. The lowest BCUT2D eigenvalue weighted by Crippen LogP contribution is -2.42. The van der Waals surface area contributed by atoms with Gasteiger partial charge in [-0.05, 0) is 19.8 Å². The van der Waals surface area contributed by atoms with Gasteiger partial charge in [-0.15, -0.1) is 0 Å². The van der Waals surface area contributed by atoms with Gasteiger partial charge in [-0.2, -0.15) is 0 Å². The summed E-state index contributed by atoms with van der Waals surface area (Å²) in [6.07, 6.45) is 3.51. The maximum absolute atomic E-state index is 10.5. The summed E-state index contributed by atoms with van der Waals surface area (Å²) in [5.74, 6) is 0. The predicted molar refractivity (Wildman–Crippen MR) is 47.1 cm³/mol. The molecule has 0 aromatic carbocycles. The second-order valence-electron chi connectivity index (χ2n) is 3.35. The highest BCUT2D eigenvalue weighted by Crippen LogP contribution is 2.14. The van der Waals surface area contributed by atoms with Crippen LogP contribution in [0.2, 0.25) is 0 Å². The van der Waals surface area contributed by atoms with Crippen molar-refractivity contribution in [1.82, 2.24) is 4.90 Å². The summed E-state index contributed by atoms with van der Waals surface area (Å²) in [6, 6.07) is 0.0720. The Morgan fingerprint density at radius 2 is 2.08 bits per heavy atom. The van der Waals surface area contributed by atoms with E-state index >= 15 is 0 Å². The summed E-state index contributed by atoms with van der Waals surface area (Å²) < 4.78 is 5.24. The van der Waals surface area contributed by atoms with E-state index in [-0.39, 0.29) is 6.04 Å². The van der Waals surface area contributed by atoms with Crippen molar-refractivity contribution in [3.63, 3.8) is 0 Å². The van der Waals surface area contributed by atoms with E-state index in [9.17, 15) is 4.79 Å². The van der Waals surface area contributed by atoms with Gasteiger partial charge in [0.2, 0.25) is 0 Å². The molecule has 1 fully saturated rings. The fourth-order valence-corrected chi connectivity index (χ4v) is 1.60. The molecular formula is C9H17NO2. The van der Waals surface area contributed by atoms with Crippen LogP contribution in [0.1, 0.15) is 19.8 Å². The molecule has 0 N–H and O–H groups in total. The molecule has 0 spiro atoms. The molecule has 3 heteroatoms. The average molecular weight is 171 g/mol. The summed E-state index contributed by atoms with van der Waals surface area (Å²) in [7, 11) is 1.75.